The molecule has 2 nitrogen and oxygen atoms in total. The summed E-state index contributed by atoms with van der Waals surface area (Å²) in [6.07, 6.45) is 2.58. The van der Waals surface area contributed by atoms with Crippen molar-refractivity contribution < 1.29 is 9.53 Å². The van der Waals surface area contributed by atoms with Crippen LogP contribution in [0, 0.1) is 0 Å². The van der Waals surface area contributed by atoms with Crippen LogP contribution in [-0.4, -0.2) is 11.6 Å². The molecule has 0 unspecified atom stereocenters. The van der Waals surface area contributed by atoms with Crippen LogP contribution in [-0.2, 0) is 9.53 Å². The van der Waals surface area contributed by atoms with Crippen molar-refractivity contribution in [1.29, 1.82) is 0 Å². The quantitative estimate of drug-likeness (QED) is 0.517. The van der Waals surface area contributed by atoms with Gasteiger partial charge in [-0.25, -0.2) is 4.79 Å². The maximum atomic E-state index is 11.5. The van der Waals surface area contributed by atoms with Gasteiger partial charge in [-0.15, -0.1) is 0 Å². The van der Waals surface area contributed by atoms with Gasteiger partial charge >= 0.3 is 5.97 Å². The number of rotatable bonds is 1. The summed E-state index contributed by atoms with van der Waals surface area (Å²) in [6.45, 7) is 3.85. The zero-order valence-electron chi connectivity index (χ0n) is 8.99. The third-order valence-electron chi connectivity index (χ3n) is 2.39. The Balaban J connectivity index is 2.26. The highest BCUT2D eigenvalue weighted by Crippen LogP contribution is 2.30. The van der Waals surface area contributed by atoms with E-state index >= 15 is 0 Å². The zero-order valence-corrected chi connectivity index (χ0v) is 8.99. The van der Waals surface area contributed by atoms with E-state index in [1.54, 1.807) is 0 Å². The number of hydrogen-bond donors (Lipinski definition) is 0. The summed E-state index contributed by atoms with van der Waals surface area (Å²) in [7, 11) is 0. The number of benzene rings is 1. The Kier molecular flexibility index (Phi) is 2.35. The number of carbonyl (C=O) groups excluding carboxylic acids is 1. The summed E-state index contributed by atoms with van der Waals surface area (Å²) >= 11 is 0. The number of ether oxygens (including phenoxy) is 1. The highest BCUT2D eigenvalue weighted by Gasteiger charge is 2.35. The Hall–Kier alpha value is -1.57. The van der Waals surface area contributed by atoms with Crippen LogP contribution in [0.1, 0.15) is 25.8 Å². The normalized spacial score (nSPS) is 21.7. The summed E-state index contributed by atoms with van der Waals surface area (Å²) in [6, 6.07) is 9.83. The van der Waals surface area contributed by atoms with E-state index in [1.807, 2.05) is 50.3 Å². The van der Waals surface area contributed by atoms with E-state index < -0.39 is 0 Å². The molecule has 78 valence electrons. The zero-order chi connectivity index (χ0) is 10.9. The van der Waals surface area contributed by atoms with Gasteiger partial charge in [0.15, 0.2) is 0 Å². The fraction of sp³-hybridized carbons (Fsp3) is 0.308. The van der Waals surface area contributed by atoms with E-state index in [-0.39, 0.29) is 11.6 Å². The van der Waals surface area contributed by atoms with Gasteiger partial charge in [0.25, 0.3) is 0 Å². The average molecular weight is 202 g/mol. The molecule has 1 fully saturated rings. The van der Waals surface area contributed by atoms with Crippen LogP contribution in [0.4, 0.5) is 0 Å². The first kappa shape index (κ1) is 9.97. The van der Waals surface area contributed by atoms with Gasteiger partial charge in [0.2, 0.25) is 0 Å². The van der Waals surface area contributed by atoms with Gasteiger partial charge in [0.1, 0.15) is 5.60 Å². The van der Waals surface area contributed by atoms with Gasteiger partial charge in [-0.2, -0.15) is 0 Å². The highest BCUT2D eigenvalue weighted by atomic mass is 16.6. The maximum Gasteiger partial charge on any atom is 0.334 e. The smallest absolute Gasteiger partial charge is 0.334 e. The Morgan fingerprint density at radius 2 is 1.93 bits per heavy atom. The van der Waals surface area contributed by atoms with E-state index in [4.69, 9.17) is 4.74 Å². The largest absolute Gasteiger partial charge is 0.456 e. The predicted octanol–water partition coefficient (Wildman–Crippen LogP) is 2.80. The standard InChI is InChI=1S/C13H14O2/c1-13(2)9-11(12(14)15-13)8-10-6-4-3-5-7-10/h3-8H,9H2,1-2H3/b11-8+. The number of hydrogen-bond acceptors (Lipinski definition) is 2. The van der Waals surface area contributed by atoms with Crippen molar-refractivity contribution in [3.63, 3.8) is 0 Å². The molecule has 1 heterocycles. The molecule has 0 aromatic heterocycles. The molecule has 0 bridgehead atoms. The first-order chi connectivity index (χ1) is 7.07. The van der Waals surface area contributed by atoms with Crippen molar-refractivity contribution in [3.8, 4) is 0 Å². The molecule has 0 amide bonds. The van der Waals surface area contributed by atoms with E-state index in [0.717, 1.165) is 11.1 Å². The maximum absolute atomic E-state index is 11.5. The molecular weight excluding hydrogens is 188 g/mol. The molecule has 0 N–H and O–H groups in total. The molecule has 1 aromatic carbocycles. The van der Waals surface area contributed by atoms with Crippen LogP contribution in [0.5, 0.6) is 0 Å². The lowest BCUT2D eigenvalue weighted by Crippen LogP contribution is -2.17. The molecular formula is C13H14O2. The van der Waals surface area contributed by atoms with Crippen molar-refractivity contribution in [2.75, 3.05) is 0 Å². The predicted molar refractivity (Wildman–Crippen MR) is 59.2 cm³/mol. The van der Waals surface area contributed by atoms with E-state index in [2.05, 4.69) is 0 Å². The Morgan fingerprint density at radius 1 is 1.27 bits per heavy atom. The summed E-state index contributed by atoms with van der Waals surface area (Å²) in [5.74, 6) is -0.191. The van der Waals surface area contributed by atoms with Crippen LogP contribution >= 0.6 is 0 Å². The number of carbonyl (C=O) groups is 1. The van der Waals surface area contributed by atoms with Crippen molar-refractivity contribution in [1.82, 2.24) is 0 Å². The topological polar surface area (TPSA) is 26.3 Å². The lowest BCUT2D eigenvalue weighted by atomic mass is 10.0. The molecule has 2 heteroatoms. The summed E-state index contributed by atoms with van der Waals surface area (Å²) < 4.78 is 5.23. The third kappa shape index (κ3) is 2.27. The Morgan fingerprint density at radius 3 is 2.47 bits per heavy atom. The first-order valence-electron chi connectivity index (χ1n) is 5.06. The van der Waals surface area contributed by atoms with Gasteiger partial charge in [0.05, 0.1) is 0 Å². The van der Waals surface area contributed by atoms with E-state index in [9.17, 15) is 4.79 Å². The average Bonchev–Trinajstić information content (AvgIpc) is 2.41. The van der Waals surface area contributed by atoms with Crippen LogP contribution < -0.4 is 0 Å². The van der Waals surface area contributed by atoms with Crippen LogP contribution in [0.15, 0.2) is 35.9 Å². The van der Waals surface area contributed by atoms with Gasteiger partial charge < -0.3 is 4.74 Å². The molecule has 1 aromatic rings. The number of esters is 1. The Labute approximate surface area is 89.6 Å². The second-order valence-electron chi connectivity index (χ2n) is 4.41. The molecule has 0 radical (unpaired) electrons. The van der Waals surface area contributed by atoms with Crippen LogP contribution in [0.3, 0.4) is 0 Å². The monoisotopic (exact) mass is 202 g/mol. The minimum atomic E-state index is -0.350. The van der Waals surface area contributed by atoms with Crippen LogP contribution in [0.25, 0.3) is 6.08 Å². The summed E-state index contributed by atoms with van der Waals surface area (Å²) in [5.41, 5.74) is 1.45. The van der Waals surface area contributed by atoms with Crippen LogP contribution in [0.2, 0.25) is 0 Å². The minimum Gasteiger partial charge on any atom is -0.456 e. The van der Waals surface area contributed by atoms with Gasteiger partial charge in [-0.05, 0) is 25.5 Å². The molecule has 0 saturated carbocycles. The molecule has 0 aliphatic carbocycles. The summed E-state index contributed by atoms with van der Waals surface area (Å²) in [4.78, 5) is 11.5. The molecule has 1 aliphatic heterocycles. The lowest BCUT2D eigenvalue weighted by Gasteiger charge is -2.13. The minimum absolute atomic E-state index is 0.191. The van der Waals surface area contributed by atoms with Crippen molar-refractivity contribution in [2.45, 2.75) is 25.9 Å². The van der Waals surface area contributed by atoms with Gasteiger partial charge in [-0.3, -0.25) is 0 Å². The molecule has 2 rings (SSSR count). The van der Waals surface area contributed by atoms with Crippen molar-refractivity contribution in [3.05, 3.63) is 41.5 Å². The SMILES string of the molecule is CC1(C)C/C(=C\c2ccccc2)C(=O)O1. The highest BCUT2D eigenvalue weighted by molar-refractivity contribution is 5.96. The molecule has 0 atom stereocenters. The van der Waals surface area contributed by atoms with Crippen molar-refractivity contribution >= 4 is 12.0 Å². The van der Waals surface area contributed by atoms with Gasteiger partial charge in [-0.1, -0.05) is 30.3 Å². The lowest BCUT2D eigenvalue weighted by molar-refractivity contribution is -0.143. The van der Waals surface area contributed by atoms with E-state index in [0.29, 0.717) is 6.42 Å². The Bertz CT molecular complexity index is 402. The van der Waals surface area contributed by atoms with E-state index in [1.165, 1.54) is 0 Å². The second-order valence-corrected chi connectivity index (χ2v) is 4.41. The summed E-state index contributed by atoms with van der Waals surface area (Å²) in [5, 5.41) is 0. The third-order valence-corrected chi connectivity index (χ3v) is 2.39. The molecule has 15 heavy (non-hydrogen) atoms. The fourth-order valence-corrected chi connectivity index (χ4v) is 1.74. The molecule has 1 aliphatic rings. The first-order valence-corrected chi connectivity index (χ1v) is 5.06. The van der Waals surface area contributed by atoms with Crippen molar-refractivity contribution in [2.24, 2.45) is 0 Å². The molecule has 1 saturated heterocycles. The second kappa shape index (κ2) is 3.54. The van der Waals surface area contributed by atoms with Gasteiger partial charge in [0, 0.05) is 12.0 Å². The fourth-order valence-electron chi connectivity index (χ4n) is 1.74. The number of cyclic esters (lactones) is 1. The molecule has 0 spiro atoms.